The molecule has 3 N–H and O–H groups in total. The van der Waals surface area contributed by atoms with E-state index in [0.29, 0.717) is 11.6 Å². The molecule has 19 heavy (non-hydrogen) atoms. The maximum Gasteiger partial charge on any atom is 0.148 e. The fraction of sp³-hybridized carbons (Fsp3) is 0.286. The molecule has 1 aliphatic heterocycles. The van der Waals surface area contributed by atoms with Gasteiger partial charge >= 0.3 is 0 Å². The number of aromatic amines is 1. The molecule has 5 nitrogen and oxygen atoms in total. The van der Waals surface area contributed by atoms with Crippen LogP contribution in [0.2, 0.25) is 0 Å². The maximum absolute atomic E-state index is 8.78. The fourth-order valence-electron chi connectivity index (χ4n) is 2.25. The van der Waals surface area contributed by atoms with Gasteiger partial charge in [0.2, 0.25) is 0 Å². The summed E-state index contributed by atoms with van der Waals surface area (Å²) in [5.74, 6) is 0.869. The molecule has 1 unspecified atom stereocenters. The number of nitrogens with one attached hydrogen (secondary N) is 3. The van der Waals surface area contributed by atoms with Crippen molar-refractivity contribution < 1.29 is 0 Å². The Morgan fingerprint density at radius 3 is 2.84 bits per heavy atom. The first-order chi connectivity index (χ1) is 9.35. The third-order valence-corrected chi connectivity index (χ3v) is 3.32. The van der Waals surface area contributed by atoms with Crippen LogP contribution < -0.4 is 10.6 Å². The van der Waals surface area contributed by atoms with Crippen molar-refractivity contribution >= 4 is 5.82 Å². The van der Waals surface area contributed by atoms with Gasteiger partial charge in [-0.1, -0.05) is 12.1 Å². The molecule has 1 aromatic heterocycles. The van der Waals surface area contributed by atoms with E-state index in [1.54, 1.807) is 0 Å². The Balaban J connectivity index is 1.74. The monoisotopic (exact) mass is 253 g/mol. The zero-order valence-corrected chi connectivity index (χ0v) is 10.5. The lowest BCUT2D eigenvalue weighted by Crippen LogP contribution is -2.22. The summed E-state index contributed by atoms with van der Waals surface area (Å²) in [6.45, 7) is 2.05. The van der Waals surface area contributed by atoms with Gasteiger partial charge in [-0.25, -0.2) is 0 Å². The van der Waals surface area contributed by atoms with Gasteiger partial charge in [-0.05, 0) is 30.7 Å². The van der Waals surface area contributed by atoms with Crippen molar-refractivity contribution in [2.75, 3.05) is 18.4 Å². The van der Waals surface area contributed by atoms with E-state index in [-0.39, 0.29) is 0 Å². The summed E-state index contributed by atoms with van der Waals surface area (Å²) in [6.07, 6.45) is 1.12. The van der Waals surface area contributed by atoms with Crippen molar-refractivity contribution in [3.8, 4) is 17.3 Å². The normalized spacial score (nSPS) is 18.2. The molecule has 3 rings (SSSR count). The Bertz CT molecular complexity index is 587. The van der Waals surface area contributed by atoms with Gasteiger partial charge in [-0.2, -0.15) is 10.4 Å². The lowest BCUT2D eigenvalue weighted by molar-refractivity contribution is 0.786. The molecular formula is C14H15N5. The van der Waals surface area contributed by atoms with Gasteiger partial charge < -0.3 is 10.6 Å². The third kappa shape index (κ3) is 2.59. The minimum Gasteiger partial charge on any atom is -0.365 e. The first-order valence-corrected chi connectivity index (χ1v) is 6.38. The molecule has 1 aliphatic rings. The van der Waals surface area contributed by atoms with Gasteiger partial charge in [-0.15, -0.1) is 0 Å². The van der Waals surface area contributed by atoms with E-state index in [4.69, 9.17) is 5.26 Å². The molecular weight excluding hydrogens is 238 g/mol. The highest BCUT2D eigenvalue weighted by Crippen LogP contribution is 2.20. The number of hydrogen-bond donors (Lipinski definition) is 3. The maximum atomic E-state index is 8.78. The summed E-state index contributed by atoms with van der Waals surface area (Å²) in [7, 11) is 0. The Kier molecular flexibility index (Phi) is 3.17. The van der Waals surface area contributed by atoms with Crippen molar-refractivity contribution in [1.29, 1.82) is 5.26 Å². The molecule has 1 fully saturated rings. The molecule has 0 bridgehead atoms. The number of anilines is 1. The Hall–Kier alpha value is -2.32. The zero-order chi connectivity index (χ0) is 13.1. The summed E-state index contributed by atoms with van der Waals surface area (Å²) in [5.41, 5.74) is 2.65. The van der Waals surface area contributed by atoms with Gasteiger partial charge in [0.25, 0.3) is 0 Å². The first-order valence-electron chi connectivity index (χ1n) is 6.38. The molecule has 0 amide bonds. The minimum absolute atomic E-state index is 0.456. The lowest BCUT2D eigenvalue weighted by atomic mass is 10.1. The molecule has 96 valence electrons. The Morgan fingerprint density at radius 1 is 1.32 bits per heavy atom. The van der Waals surface area contributed by atoms with E-state index >= 15 is 0 Å². The van der Waals surface area contributed by atoms with Crippen LogP contribution in [-0.2, 0) is 0 Å². The van der Waals surface area contributed by atoms with Crippen LogP contribution >= 0.6 is 0 Å². The summed E-state index contributed by atoms with van der Waals surface area (Å²) in [4.78, 5) is 0. The molecule has 2 heterocycles. The number of nitriles is 1. The van der Waals surface area contributed by atoms with Gasteiger partial charge in [0.05, 0.1) is 17.3 Å². The van der Waals surface area contributed by atoms with E-state index in [2.05, 4.69) is 26.9 Å². The van der Waals surface area contributed by atoms with Crippen LogP contribution in [0.25, 0.3) is 11.3 Å². The van der Waals surface area contributed by atoms with Crippen LogP contribution in [0, 0.1) is 11.3 Å². The van der Waals surface area contributed by atoms with Gasteiger partial charge in [-0.3, -0.25) is 5.10 Å². The van der Waals surface area contributed by atoms with Crippen molar-refractivity contribution in [3.05, 3.63) is 35.9 Å². The second kappa shape index (κ2) is 5.12. The van der Waals surface area contributed by atoms with Crippen LogP contribution in [-0.4, -0.2) is 29.3 Å². The first kappa shape index (κ1) is 11.8. The largest absolute Gasteiger partial charge is 0.365 e. The van der Waals surface area contributed by atoms with E-state index in [1.807, 2.05) is 30.3 Å². The molecule has 1 atom stereocenters. The molecule has 2 aromatic rings. The molecule has 0 saturated carbocycles. The molecule has 0 radical (unpaired) electrons. The van der Waals surface area contributed by atoms with Crippen molar-refractivity contribution in [1.82, 2.24) is 15.5 Å². The number of nitrogens with zero attached hydrogens (tertiary/aromatic N) is 2. The van der Waals surface area contributed by atoms with Crippen LogP contribution in [0.1, 0.15) is 12.0 Å². The summed E-state index contributed by atoms with van der Waals surface area (Å²) >= 11 is 0. The number of aromatic nitrogens is 2. The average molecular weight is 253 g/mol. The molecule has 0 aliphatic carbocycles. The highest BCUT2D eigenvalue weighted by Gasteiger charge is 2.15. The third-order valence-electron chi connectivity index (χ3n) is 3.32. The number of H-pyrrole nitrogens is 1. The van der Waals surface area contributed by atoms with Crippen LogP contribution in [0.15, 0.2) is 30.3 Å². The van der Waals surface area contributed by atoms with Crippen molar-refractivity contribution in [2.45, 2.75) is 12.5 Å². The Labute approximate surface area is 111 Å². The SMILES string of the molecule is N#Cc1ccc(-c2cc(NC3CCNC3)n[nH]2)cc1. The topological polar surface area (TPSA) is 76.5 Å². The van der Waals surface area contributed by atoms with E-state index in [9.17, 15) is 0 Å². The van der Waals surface area contributed by atoms with E-state index in [0.717, 1.165) is 36.6 Å². The fourth-order valence-corrected chi connectivity index (χ4v) is 2.25. The molecule has 1 aromatic carbocycles. The summed E-state index contributed by atoms with van der Waals surface area (Å²) in [5, 5.41) is 22.8. The highest BCUT2D eigenvalue weighted by molar-refractivity contribution is 5.63. The van der Waals surface area contributed by atoms with Crippen molar-refractivity contribution in [2.24, 2.45) is 0 Å². The molecule has 1 saturated heterocycles. The average Bonchev–Trinajstić information content (AvgIpc) is 3.11. The van der Waals surface area contributed by atoms with E-state index < -0.39 is 0 Å². The van der Waals surface area contributed by atoms with E-state index in [1.165, 1.54) is 0 Å². The van der Waals surface area contributed by atoms with Gasteiger partial charge in [0, 0.05) is 18.7 Å². The highest BCUT2D eigenvalue weighted by atomic mass is 15.2. The lowest BCUT2D eigenvalue weighted by Gasteiger charge is -2.08. The van der Waals surface area contributed by atoms with Crippen LogP contribution in [0.4, 0.5) is 5.82 Å². The predicted molar refractivity (Wildman–Crippen MR) is 73.6 cm³/mol. The smallest absolute Gasteiger partial charge is 0.148 e. The van der Waals surface area contributed by atoms with Crippen LogP contribution in [0.5, 0.6) is 0 Å². The van der Waals surface area contributed by atoms with Gasteiger partial charge in [0.15, 0.2) is 0 Å². The zero-order valence-electron chi connectivity index (χ0n) is 10.5. The number of hydrogen-bond acceptors (Lipinski definition) is 4. The number of benzene rings is 1. The minimum atomic E-state index is 0.456. The quantitative estimate of drug-likeness (QED) is 0.778. The standard InChI is InChI=1S/C14H15N5/c15-8-10-1-3-11(4-2-10)13-7-14(19-18-13)17-12-5-6-16-9-12/h1-4,7,12,16H,5-6,9H2,(H2,17,18,19). The van der Waals surface area contributed by atoms with Crippen molar-refractivity contribution in [3.63, 3.8) is 0 Å². The molecule has 5 heteroatoms. The second-order valence-electron chi connectivity index (χ2n) is 4.69. The Morgan fingerprint density at radius 2 is 2.16 bits per heavy atom. The predicted octanol–water partition coefficient (Wildman–Crippen LogP) is 1.72. The van der Waals surface area contributed by atoms with Gasteiger partial charge in [0.1, 0.15) is 5.82 Å². The molecule has 0 spiro atoms. The number of rotatable bonds is 3. The second-order valence-corrected chi connectivity index (χ2v) is 4.69. The summed E-state index contributed by atoms with van der Waals surface area (Å²) in [6, 6.07) is 12.0. The summed E-state index contributed by atoms with van der Waals surface area (Å²) < 4.78 is 0. The van der Waals surface area contributed by atoms with Crippen LogP contribution in [0.3, 0.4) is 0 Å².